The summed E-state index contributed by atoms with van der Waals surface area (Å²) in [4.78, 5) is 0. The van der Waals surface area contributed by atoms with Gasteiger partial charge in [0.25, 0.3) is 0 Å². The largest absolute Gasteiger partial charge is 0.251 e. The smallest absolute Gasteiger partial charge is 0.123 e. The first-order valence-electron chi connectivity index (χ1n) is 10.7. The molecule has 1 aromatic rings. The van der Waals surface area contributed by atoms with Gasteiger partial charge < -0.3 is 0 Å². The van der Waals surface area contributed by atoms with Crippen molar-refractivity contribution in [1.29, 1.82) is 0 Å². The molecule has 144 valence electrons. The van der Waals surface area contributed by atoms with Crippen LogP contribution in [0.1, 0.15) is 82.1 Å². The summed E-state index contributed by atoms with van der Waals surface area (Å²) < 4.78 is 25.2. The van der Waals surface area contributed by atoms with Gasteiger partial charge in [-0.25, -0.2) is 4.39 Å². The first-order valence-corrected chi connectivity index (χ1v) is 10.7. The van der Waals surface area contributed by atoms with Crippen molar-refractivity contribution in [2.75, 3.05) is 6.67 Å². The molecule has 0 bridgehead atoms. The highest BCUT2D eigenvalue weighted by Gasteiger charge is 2.24. The molecule has 0 aliphatic heterocycles. The summed E-state index contributed by atoms with van der Waals surface area (Å²) in [6.45, 7) is -0.227. The minimum atomic E-state index is -0.227. The van der Waals surface area contributed by atoms with Gasteiger partial charge >= 0.3 is 0 Å². The molecule has 2 heteroatoms. The molecule has 0 heterocycles. The fraction of sp³-hybridized carbons (Fsp3) is 0.667. The number of hydrogen-bond donors (Lipinski definition) is 0. The zero-order valence-corrected chi connectivity index (χ0v) is 16.0. The first kappa shape index (κ1) is 19.6. The van der Waals surface area contributed by atoms with Crippen LogP contribution in [0.3, 0.4) is 0 Å². The quantitative estimate of drug-likeness (QED) is 0.439. The van der Waals surface area contributed by atoms with Crippen molar-refractivity contribution in [2.24, 2.45) is 17.8 Å². The molecule has 0 amide bonds. The van der Waals surface area contributed by atoms with Crippen LogP contribution in [-0.4, -0.2) is 6.67 Å². The fourth-order valence-corrected chi connectivity index (χ4v) is 5.01. The summed E-state index contributed by atoms with van der Waals surface area (Å²) in [6, 6.07) is 7.15. The van der Waals surface area contributed by atoms with E-state index in [1.165, 1.54) is 69.8 Å². The Balaban J connectivity index is 1.32. The molecule has 0 saturated heterocycles. The number of rotatable bonds is 7. The lowest BCUT2D eigenvalue weighted by Gasteiger charge is -2.31. The van der Waals surface area contributed by atoms with Gasteiger partial charge in [0.1, 0.15) is 5.82 Å². The fourth-order valence-electron chi connectivity index (χ4n) is 5.01. The molecule has 0 spiro atoms. The van der Waals surface area contributed by atoms with Gasteiger partial charge in [0.2, 0.25) is 0 Å². The highest BCUT2D eigenvalue weighted by atomic mass is 19.1. The average molecular weight is 361 g/mol. The Kier molecular flexibility index (Phi) is 7.70. The molecule has 0 nitrogen and oxygen atoms in total. The second kappa shape index (κ2) is 10.2. The predicted molar refractivity (Wildman–Crippen MR) is 106 cm³/mol. The standard InChI is InChI=1S/C24H34F2/c25-18-2-1-3-19-4-6-20(7-5-19)8-9-21-10-12-22(13-11-21)23-14-16-24(26)17-15-23/h1,3,14-17,19-22H,2,4-13,18H2/t19-,20-,21-,22-. The van der Waals surface area contributed by atoms with Gasteiger partial charge in [0, 0.05) is 0 Å². The van der Waals surface area contributed by atoms with Crippen molar-refractivity contribution in [1.82, 2.24) is 0 Å². The van der Waals surface area contributed by atoms with Crippen molar-refractivity contribution in [2.45, 2.75) is 76.5 Å². The number of allylic oxidation sites excluding steroid dienone is 2. The van der Waals surface area contributed by atoms with E-state index in [0.29, 0.717) is 18.3 Å². The minimum Gasteiger partial charge on any atom is -0.251 e. The number of benzene rings is 1. The Hall–Kier alpha value is -1.18. The topological polar surface area (TPSA) is 0 Å². The third-order valence-electron chi connectivity index (χ3n) is 6.75. The maximum atomic E-state index is 13.1. The van der Waals surface area contributed by atoms with E-state index in [0.717, 1.165) is 11.8 Å². The monoisotopic (exact) mass is 360 g/mol. The Morgan fingerprint density at radius 1 is 0.808 bits per heavy atom. The predicted octanol–water partition coefficient (Wildman–Crippen LogP) is 7.60. The van der Waals surface area contributed by atoms with Gasteiger partial charge in [-0.15, -0.1) is 0 Å². The third kappa shape index (κ3) is 5.93. The van der Waals surface area contributed by atoms with E-state index in [-0.39, 0.29) is 12.5 Å². The van der Waals surface area contributed by atoms with Crippen molar-refractivity contribution in [3.8, 4) is 0 Å². The lowest BCUT2D eigenvalue weighted by Crippen LogP contribution is -2.17. The van der Waals surface area contributed by atoms with Crippen LogP contribution in [0.25, 0.3) is 0 Å². The van der Waals surface area contributed by atoms with Crippen LogP contribution < -0.4 is 0 Å². The van der Waals surface area contributed by atoms with E-state index in [1.807, 2.05) is 18.2 Å². The van der Waals surface area contributed by atoms with Gasteiger partial charge in [-0.3, -0.25) is 4.39 Å². The second-order valence-corrected chi connectivity index (χ2v) is 8.53. The van der Waals surface area contributed by atoms with E-state index in [1.54, 1.807) is 12.1 Å². The Labute approximate surface area is 158 Å². The molecule has 2 aliphatic carbocycles. The van der Waals surface area contributed by atoms with E-state index in [2.05, 4.69) is 6.08 Å². The summed E-state index contributed by atoms with van der Waals surface area (Å²) in [5.41, 5.74) is 1.32. The van der Waals surface area contributed by atoms with Gasteiger partial charge in [-0.05, 0) is 99.2 Å². The van der Waals surface area contributed by atoms with E-state index < -0.39 is 0 Å². The van der Waals surface area contributed by atoms with Crippen LogP contribution in [0.5, 0.6) is 0 Å². The van der Waals surface area contributed by atoms with Crippen LogP contribution in [0.4, 0.5) is 8.78 Å². The molecular weight excluding hydrogens is 326 g/mol. The van der Waals surface area contributed by atoms with E-state index in [9.17, 15) is 8.78 Å². The summed E-state index contributed by atoms with van der Waals surface area (Å²) in [7, 11) is 0. The van der Waals surface area contributed by atoms with Gasteiger partial charge in [-0.1, -0.05) is 37.1 Å². The van der Waals surface area contributed by atoms with Crippen LogP contribution in [0.15, 0.2) is 36.4 Å². The molecule has 2 aliphatic rings. The summed E-state index contributed by atoms with van der Waals surface area (Å²) in [5.74, 6) is 3.02. The average Bonchev–Trinajstić information content (AvgIpc) is 2.69. The molecule has 0 N–H and O–H groups in total. The Bertz CT molecular complexity index is 532. The third-order valence-corrected chi connectivity index (χ3v) is 6.75. The molecule has 0 atom stereocenters. The molecule has 0 radical (unpaired) electrons. The number of hydrogen-bond acceptors (Lipinski definition) is 0. The van der Waals surface area contributed by atoms with Gasteiger partial charge in [0.05, 0.1) is 6.67 Å². The zero-order chi connectivity index (χ0) is 18.2. The highest BCUT2D eigenvalue weighted by molar-refractivity contribution is 5.20. The maximum Gasteiger partial charge on any atom is 0.123 e. The van der Waals surface area contributed by atoms with Crippen molar-refractivity contribution >= 4 is 0 Å². The summed E-state index contributed by atoms with van der Waals surface area (Å²) >= 11 is 0. The lowest BCUT2D eigenvalue weighted by molar-refractivity contribution is 0.246. The molecule has 0 aromatic heterocycles. The van der Waals surface area contributed by atoms with Crippen LogP contribution in [-0.2, 0) is 0 Å². The first-order chi connectivity index (χ1) is 12.7. The Morgan fingerprint density at radius 2 is 1.38 bits per heavy atom. The SMILES string of the molecule is FCCC=C[C@H]1CC[C@H](CC[C@H]2CC[C@H](c3ccc(F)cc3)CC2)CC1. The summed E-state index contributed by atoms with van der Waals surface area (Å²) in [5, 5.41) is 0. The van der Waals surface area contributed by atoms with Crippen LogP contribution in [0, 0.1) is 23.6 Å². The molecule has 2 saturated carbocycles. The van der Waals surface area contributed by atoms with Crippen molar-refractivity contribution in [3.63, 3.8) is 0 Å². The number of halogens is 2. The van der Waals surface area contributed by atoms with E-state index >= 15 is 0 Å². The van der Waals surface area contributed by atoms with Gasteiger partial charge in [0.15, 0.2) is 0 Å². The van der Waals surface area contributed by atoms with E-state index in [4.69, 9.17) is 0 Å². The zero-order valence-electron chi connectivity index (χ0n) is 16.0. The molecule has 3 rings (SSSR count). The van der Waals surface area contributed by atoms with Crippen LogP contribution in [0.2, 0.25) is 0 Å². The minimum absolute atomic E-state index is 0.130. The van der Waals surface area contributed by atoms with Crippen molar-refractivity contribution in [3.05, 3.63) is 47.8 Å². The second-order valence-electron chi connectivity index (χ2n) is 8.53. The normalized spacial score (nSPS) is 29.9. The highest BCUT2D eigenvalue weighted by Crippen LogP contribution is 2.39. The Morgan fingerprint density at radius 3 is 1.96 bits per heavy atom. The van der Waals surface area contributed by atoms with Crippen LogP contribution >= 0.6 is 0 Å². The van der Waals surface area contributed by atoms with Gasteiger partial charge in [-0.2, -0.15) is 0 Å². The molecule has 26 heavy (non-hydrogen) atoms. The van der Waals surface area contributed by atoms with Crippen molar-refractivity contribution < 1.29 is 8.78 Å². The maximum absolute atomic E-state index is 13.1. The molecule has 1 aromatic carbocycles. The summed E-state index contributed by atoms with van der Waals surface area (Å²) in [6.07, 6.45) is 18.2. The molecule has 2 fully saturated rings. The molecule has 0 unspecified atom stereocenters. The number of alkyl halides is 1. The molecular formula is C24H34F2. The lowest BCUT2D eigenvalue weighted by atomic mass is 9.74.